The minimum Gasteiger partial charge on any atom is -0.493 e. The zero-order valence-corrected chi connectivity index (χ0v) is 19.8. The largest absolute Gasteiger partial charge is 0.493 e. The summed E-state index contributed by atoms with van der Waals surface area (Å²) in [7, 11) is 3.24. The average Bonchev–Trinajstić information content (AvgIpc) is 3.25. The van der Waals surface area contributed by atoms with E-state index in [1.54, 1.807) is 26.5 Å². The number of carbonyl (C=O) groups excluding carboxylic acids is 1. The third kappa shape index (κ3) is 4.28. The molecule has 0 bridgehead atoms. The molecule has 1 N–H and O–H groups in total. The van der Waals surface area contributed by atoms with Crippen molar-refractivity contribution >= 4 is 45.4 Å². The fraction of sp³-hybridized carbons (Fsp3) is 0.261. The van der Waals surface area contributed by atoms with Crippen LogP contribution < -0.4 is 19.8 Å². The quantitative estimate of drug-likeness (QED) is 0.569. The molecule has 0 saturated carbocycles. The van der Waals surface area contributed by atoms with E-state index in [-0.39, 0.29) is 11.9 Å². The molecule has 0 fully saturated rings. The number of hydrazone groups is 1. The molecular weight excluding hydrogens is 448 g/mol. The molecule has 1 amide bonds. The molecule has 3 aromatic rings. The number of carbonyl (C=O) groups is 1. The Morgan fingerprint density at radius 3 is 2.59 bits per heavy atom. The van der Waals surface area contributed by atoms with Crippen LogP contribution in [-0.2, 0) is 11.2 Å². The number of nitrogens with zero attached hydrogens (tertiary/aromatic N) is 3. The van der Waals surface area contributed by atoms with Gasteiger partial charge in [0.2, 0.25) is 11.0 Å². The Morgan fingerprint density at radius 2 is 1.97 bits per heavy atom. The van der Waals surface area contributed by atoms with Crippen molar-refractivity contribution in [1.29, 1.82) is 0 Å². The van der Waals surface area contributed by atoms with E-state index >= 15 is 0 Å². The number of hydrogen-bond acceptors (Lipinski definition) is 7. The standard InChI is InChI=1S/C23H23ClN4O3S/c1-13-9-16-11-20(30-3)21(31-4)12-17(16)22(27-28(13)23-25-7-8-32-23)15-5-6-19(18(24)10-15)26-14(2)29/h5-8,10-13H,9H2,1-4H3,(H,26,29)/t13-/m1/s1. The number of benzene rings is 2. The van der Waals surface area contributed by atoms with Gasteiger partial charge in [0, 0.05) is 29.6 Å². The van der Waals surface area contributed by atoms with Gasteiger partial charge < -0.3 is 14.8 Å². The van der Waals surface area contributed by atoms with Crippen molar-refractivity contribution in [2.75, 3.05) is 24.5 Å². The summed E-state index contributed by atoms with van der Waals surface area (Å²) in [5.74, 6) is 1.10. The van der Waals surface area contributed by atoms with Crippen LogP contribution in [0.15, 0.2) is 47.0 Å². The second-order valence-electron chi connectivity index (χ2n) is 7.40. The first-order valence-electron chi connectivity index (χ1n) is 10.0. The van der Waals surface area contributed by atoms with Crippen molar-refractivity contribution in [2.45, 2.75) is 26.3 Å². The summed E-state index contributed by atoms with van der Waals surface area (Å²) in [6.07, 6.45) is 2.51. The predicted molar refractivity (Wildman–Crippen MR) is 129 cm³/mol. The number of hydrogen-bond donors (Lipinski definition) is 1. The lowest BCUT2D eigenvalue weighted by atomic mass is 9.94. The Balaban J connectivity index is 1.91. The minimum absolute atomic E-state index is 0.0598. The Kier molecular flexibility index (Phi) is 6.34. The number of halogens is 1. The number of nitrogens with one attached hydrogen (secondary N) is 1. The molecule has 7 nitrogen and oxygen atoms in total. The maximum atomic E-state index is 11.5. The van der Waals surface area contributed by atoms with Crippen molar-refractivity contribution in [2.24, 2.45) is 5.10 Å². The zero-order chi connectivity index (χ0) is 22.8. The summed E-state index contributed by atoms with van der Waals surface area (Å²) >= 11 is 8.02. The minimum atomic E-state index is -0.183. The highest BCUT2D eigenvalue weighted by Crippen LogP contribution is 2.36. The lowest BCUT2D eigenvalue weighted by Gasteiger charge is -2.22. The molecule has 1 aliphatic rings. The van der Waals surface area contributed by atoms with Gasteiger partial charge in [0.05, 0.1) is 36.7 Å². The van der Waals surface area contributed by atoms with E-state index < -0.39 is 0 Å². The Labute approximate surface area is 195 Å². The molecule has 1 aromatic heterocycles. The third-order valence-electron chi connectivity index (χ3n) is 5.17. The Morgan fingerprint density at radius 1 is 1.22 bits per heavy atom. The molecule has 0 aliphatic carbocycles. The molecule has 32 heavy (non-hydrogen) atoms. The molecular formula is C23H23ClN4O3S. The van der Waals surface area contributed by atoms with Gasteiger partial charge in [0.1, 0.15) is 0 Å². The average molecular weight is 471 g/mol. The normalized spacial score (nSPS) is 15.5. The van der Waals surface area contributed by atoms with E-state index in [1.165, 1.54) is 18.3 Å². The second kappa shape index (κ2) is 9.18. The summed E-state index contributed by atoms with van der Waals surface area (Å²) in [6.45, 7) is 3.56. The van der Waals surface area contributed by atoms with Crippen LogP contribution in [0.5, 0.6) is 11.5 Å². The number of rotatable bonds is 5. The van der Waals surface area contributed by atoms with E-state index in [4.69, 9.17) is 26.2 Å². The molecule has 0 spiro atoms. The van der Waals surface area contributed by atoms with Crippen LogP contribution in [0.2, 0.25) is 5.02 Å². The Hall–Kier alpha value is -3.10. The Bertz CT molecular complexity index is 1180. The van der Waals surface area contributed by atoms with E-state index in [1.807, 2.05) is 34.7 Å². The summed E-state index contributed by atoms with van der Waals surface area (Å²) in [5.41, 5.74) is 4.10. The van der Waals surface area contributed by atoms with Crippen molar-refractivity contribution in [3.8, 4) is 11.5 Å². The molecule has 2 aromatic carbocycles. The topological polar surface area (TPSA) is 76.1 Å². The monoisotopic (exact) mass is 470 g/mol. The number of amides is 1. The van der Waals surface area contributed by atoms with Gasteiger partial charge in [-0.1, -0.05) is 17.7 Å². The molecule has 9 heteroatoms. The van der Waals surface area contributed by atoms with Crippen LogP contribution in [0.3, 0.4) is 0 Å². The van der Waals surface area contributed by atoms with Crippen LogP contribution >= 0.6 is 22.9 Å². The summed E-state index contributed by atoms with van der Waals surface area (Å²) < 4.78 is 11.1. The number of methoxy groups -OCH3 is 2. The van der Waals surface area contributed by atoms with Gasteiger partial charge in [-0.2, -0.15) is 5.10 Å². The lowest BCUT2D eigenvalue weighted by molar-refractivity contribution is -0.114. The highest BCUT2D eigenvalue weighted by molar-refractivity contribution is 7.13. The molecule has 2 heterocycles. The SMILES string of the molecule is COc1cc2c(cc1OC)C(c1ccc(NC(C)=O)c(Cl)c1)=NN(c1nccs1)[C@H](C)C2. The van der Waals surface area contributed by atoms with Crippen LogP contribution in [-0.4, -0.2) is 36.9 Å². The van der Waals surface area contributed by atoms with Crippen molar-refractivity contribution < 1.29 is 14.3 Å². The second-order valence-corrected chi connectivity index (χ2v) is 8.68. The fourth-order valence-electron chi connectivity index (χ4n) is 3.70. The van der Waals surface area contributed by atoms with Crippen molar-refractivity contribution in [1.82, 2.24) is 4.98 Å². The molecule has 0 radical (unpaired) electrons. The first-order valence-corrected chi connectivity index (χ1v) is 11.3. The van der Waals surface area contributed by atoms with Gasteiger partial charge in [0.25, 0.3) is 0 Å². The molecule has 1 aliphatic heterocycles. The number of anilines is 2. The zero-order valence-electron chi connectivity index (χ0n) is 18.2. The highest BCUT2D eigenvalue weighted by atomic mass is 35.5. The molecule has 166 valence electrons. The fourth-order valence-corrected chi connectivity index (χ4v) is 4.62. The van der Waals surface area contributed by atoms with Gasteiger partial charge >= 0.3 is 0 Å². The van der Waals surface area contributed by atoms with Crippen LogP contribution in [0.1, 0.15) is 30.5 Å². The highest BCUT2D eigenvalue weighted by Gasteiger charge is 2.27. The molecule has 0 unspecified atom stereocenters. The first kappa shape index (κ1) is 22.1. The summed E-state index contributed by atoms with van der Waals surface area (Å²) in [6, 6.07) is 9.49. The maximum absolute atomic E-state index is 11.5. The van der Waals surface area contributed by atoms with Crippen molar-refractivity contribution in [3.05, 3.63) is 63.6 Å². The van der Waals surface area contributed by atoms with E-state index in [0.717, 1.165) is 34.0 Å². The summed E-state index contributed by atoms with van der Waals surface area (Å²) in [4.78, 5) is 15.9. The summed E-state index contributed by atoms with van der Waals surface area (Å²) in [5, 5.41) is 12.9. The van der Waals surface area contributed by atoms with Crippen LogP contribution in [0, 0.1) is 0 Å². The van der Waals surface area contributed by atoms with Gasteiger partial charge in [0.15, 0.2) is 11.5 Å². The predicted octanol–water partition coefficient (Wildman–Crippen LogP) is 4.98. The van der Waals surface area contributed by atoms with Crippen LogP contribution in [0.25, 0.3) is 0 Å². The van der Waals surface area contributed by atoms with Gasteiger partial charge in [-0.05, 0) is 43.2 Å². The number of thiazole rings is 1. The number of ether oxygens (including phenoxy) is 2. The van der Waals surface area contributed by atoms with E-state index in [2.05, 4.69) is 17.2 Å². The number of aromatic nitrogens is 1. The first-order chi connectivity index (χ1) is 15.4. The van der Waals surface area contributed by atoms with Gasteiger partial charge in [-0.3, -0.25) is 4.79 Å². The van der Waals surface area contributed by atoms with Gasteiger partial charge in [-0.25, -0.2) is 9.99 Å². The molecule has 4 rings (SSSR count). The third-order valence-corrected chi connectivity index (χ3v) is 6.25. The van der Waals surface area contributed by atoms with E-state index in [9.17, 15) is 4.79 Å². The number of fused-ring (bicyclic) bond motifs is 1. The van der Waals surface area contributed by atoms with Gasteiger partial charge in [-0.15, -0.1) is 11.3 Å². The molecule has 1 atom stereocenters. The molecule has 0 saturated heterocycles. The van der Waals surface area contributed by atoms with E-state index in [0.29, 0.717) is 22.2 Å². The maximum Gasteiger partial charge on any atom is 0.221 e. The van der Waals surface area contributed by atoms with Crippen molar-refractivity contribution in [3.63, 3.8) is 0 Å². The smallest absolute Gasteiger partial charge is 0.221 e. The van der Waals surface area contributed by atoms with Crippen LogP contribution in [0.4, 0.5) is 10.8 Å². The lowest BCUT2D eigenvalue weighted by Crippen LogP contribution is -2.29.